The SMILES string of the molecule is CC1CC(N[C@@H]2CCCOC2)C1C. The first-order valence-corrected chi connectivity index (χ1v) is 5.61. The zero-order chi connectivity index (χ0) is 9.26. The van der Waals surface area contributed by atoms with Crippen LogP contribution in [0.5, 0.6) is 0 Å². The van der Waals surface area contributed by atoms with Crippen molar-refractivity contribution in [1.29, 1.82) is 0 Å². The normalized spacial score (nSPS) is 45.7. The third-order valence-electron chi connectivity index (χ3n) is 3.77. The molecule has 13 heavy (non-hydrogen) atoms. The second-order valence-electron chi connectivity index (χ2n) is 4.76. The van der Waals surface area contributed by atoms with Crippen molar-refractivity contribution >= 4 is 0 Å². The van der Waals surface area contributed by atoms with E-state index in [9.17, 15) is 0 Å². The maximum Gasteiger partial charge on any atom is 0.0619 e. The molecule has 0 aromatic heterocycles. The fourth-order valence-corrected chi connectivity index (χ4v) is 2.43. The molecule has 2 nitrogen and oxygen atoms in total. The van der Waals surface area contributed by atoms with E-state index < -0.39 is 0 Å². The molecule has 1 aliphatic heterocycles. The Morgan fingerprint density at radius 3 is 2.69 bits per heavy atom. The summed E-state index contributed by atoms with van der Waals surface area (Å²) in [6.45, 7) is 6.60. The van der Waals surface area contributed by atoms with Crippen molar-refractivity contribution in [2.75, 3.05) is 13.2 Å². The Kier molecular flexibility index (Phi) is 2.89. The Bertz CT molecular complexity index is 163. The summed E-state index contributed by atoms with van der Waals surface area (Å²) in [6.07, 6.45) is 3.89. The molecule has 0 aromatic carbocycles. The maximum atomic E-state index is 5.45. The predicted octanol–water partition coefficient (Wildman–Crippen LogP) is 1.80. The van der Waals surface area contributed by atoms with Gasteiger partial charge in [-0.05, 0) is 31.1 Å². The van der Waals surface area contributed by atoms with E-state index in [4.69, 9.17) is 4.74 Å². The first-order valence-electron chi connectivity index (χ1n) is 5.61. The predicted molar refractivity (Wildman–Crippen MR) is 53.7 cm³/mol. The lowest BCUT2D eigenvalue weighted by Crippen LogP contribution is -2.53. The first-order chi connectivity index (χ1) is 6.27. The molecule has 1 heterocycles. The highest BCUT2D eigenvalue weighted by Gasteiger charge is 2.35. The molecule has 2 rings (SSSR count). The molecule has 0 bridgehead atoms. The molecule has 76 valence electrons. The van der Waals surface area contributed by atoms with Crippen LogP contribution in [0.3, 0.4) is 0 Å². The van der Waals surface area contributed by atoms with Gasteiger partial charge < -0.3 is 10.1 Å². The zero-order valence-corrected chi connectivity index (χ0v) is 8.75. The van der Waals surface area contributed by atoms with Gasteiger partial charge in [0, 0.05) is 18.7 Å². The maximum absolute atomic E-state index is 5.45. The van der Waals surface area contributed by atoms with Crippen molar-refractivity contribution in [3.05, 3.63) is 0 Å². The van der Waals surface area contributed by atoms with Crippen LogP contribution >= 0.6 is 0 Å². The number of nitrogens with one attached hydrogen (secondary N) is 1. The van der Waals surface area contributed by atoms with Gasteiger partial charge in [0.2, 0.25) is 0 Å². The van der Waals surface area contributed by atoms with E-state index in [1.807, 2.05) is 0 Å². The van der Waals surface area contributed by atoms with Gasteiger partial charge in [0.1, 0.15) is 0 Å². The van der Waals surface area contributed by atoms with Crippen LogP contribution in [-0.2, 0) is 4.74 Å². The molecular weight excluding hydrogens is 162 g/mol. The lowest BCUT2D eigenvalue weighted by atomic mass is 9.71. The zero-order valence-electron chi connectivity index (χ0n) is 8.75. The Labute approximate surface area is 81.0 Å². The second-order valence-corrected chi connectivity index (χ2v) is 4.76. The Morgan fingerprint density at radius 1 is 1.31 bits per heavy atom. The highest BCUT2D eigenvalue weighted by molar-refractivity contribution is 4.91. The van der Waals surface area contributed by atoms with Crippen molar-refractivity contribution in [1.82, 2.24) is 5.32 Å². The third kappa shape index (κ3) is 2.05. The van der Waals surface area contributed by atoms with Crippen LogP contribution in [0.1, 0.15) is 33.1 Å². The van der Waals surface area contributed by atoms with Crippen molar-refractivity contribution < 1.29 is 4.74 Å². The summed E-state index contributed by atoms with van der Waals surface area (Å²) in [7, 11) is 0. The largest absolute Gasteiger partial charge is 0.380 e. The number of ether oxygens (including phenoxy) is 1. The lowest BCUT2D eigenvalue weighted by molar-refractivity contribution is 0.0434. The van der Waals surface area contributed by atoms with E-state index >= 15 is 0 Å². The highest BCUT2D eigenvalue weighted by Crippen LogP contribution is 2.34. The number of hydrogen-bond acceptors (Lipinski definition) is 2. The van der Waals surface area contributed by atoms with E-state index in [0.717, 1.165) is 31.1 Å². The summed E-state index contributed by atoms with van der Waals surface area (Å²) in [5.74, 6) is 1.78. The van der Waals surface area contributed by atoms with Gasteiger partial charge in [0.05, 0.1) is 6.61 Å². The Hall–Kier alpha value is -0.0800. The van der Waals surface area contributed by atoms with E-state index in [-0.39, 0.29) is 0 Å². The van der Waals surface area contributed by atoms with E-state index in [1.165, 1.54) is 19.3 Å². The summed E-state index contributed by atoms with van der Waals surface area (Å²) < 4.78 is 5.45. The van der Waals surface area contributed by atoms with Gasteiger partial charge >= 0.3 is 0 Å². The average Bonchev–Trinajstić information content (AvgIpc) is 2.19. The summed E-state index contributed by atoms with van der Waals surface area (Å²) in [4.78, 5) is 0. The summed E-state index contributed by atoms with van der Waals surface area (Å²) in [5, 5.41) is 3.71. The van der Waals surface area contributed by atoms with Gasteiger partial charge in [-0.3, -0.25) is 0 Å². The minimum absolute atomic E-state index is 0.633. The molecule has 1 aliphatic carbocycles. The van der Waals surface area contributed by atoms with Gasteiger partial charge in [-0.25, -0.2) is 0 Å². The van der Waals surface area contributed by atoms with E-state index in [0.29, 0.717) is 6.04 Å². The van der Waals surface area contributed by atoms with Gasteiger partial charge in [-0.2, -0.15) is 0 Å². The summed E-state index contributed by atoms with van der Waals surface area (Å²) in [6, 6.07) is 1.40. The molecule has 4 atom stereocenters. The van der Waals surface area contributed by atoms with Crippen molar-refractivity contribution in [2.45, 2.75) is 45.2 Å². The van der Waals surface area contributed by atoms with Crippen molar-refractivity contribution in [3.8, 4) is 0 Å². The molecule has 2 aliphatic rings. The van der Waals surface area contributed by atoms with Crippen molar-refractivity contribution in [2.24, 2.45) is 11.8 Å². The lowest BCUT2D eigenvalue weighted by Gasteiger charge is -2.44. The summed E-state index contributed by atoms with van der Waals surface area (Å²) >= 11 is 0. The monoisotopic (exact) mass is 183 g/mol. The number of hydrogen-bond donors (Lipinski definition) is 1. The Morgan fingerprint density at radius 2 is 2.15 bits per heavy atom. The standard InChI is InChI=1S/C11H21NO/c1-8-6-11(9(8)2)12-10-4-3-5-13-7-10/h8-12H,3-7H2,1-2H3/t8?,9?,10-,11?/m1/s1. The quantitative estimate of drug-likeness (QED) is 0.705. The van der Waals surface area contributed by atoms with Crippen molar-refractivity contribution in [3.63, 3.8) is 0 Å². The Balaban J connectivity index is 1.72. The minimum atomic E-state index is 0.633. The smallest absolute Gasteiger partial charge is 0.0619 e. The van der Waals surface area contributed by atoms with Crippen LogP contribution in [-0.4, -0.2) is 25.3 Å². The van der Waals surface area contributed by atoms with Gasteiger partial charge in [-0.1, -0.05) is 13.8 Å². The van der Waals surface area contributed by atoms with Gasteiger partial charge in [-0.15, -0.1) is 0 Å². The summed E-state index contributed by atoms with van der Waals surface area (Å²) in [5.41, 5.74) is 0. The molecule has 0 spiro atoms. The molecule has 3 unspecified atom stereocenters. The average molecular weight is 183 g/mol. The molecule has 0 radical (unpaired) electrons. The van der Waals surface area contributed by atoms with Crippen LogP contribution in [0, 0.1) is 11.8 Å². The van der Waals surface area contributed by atoms with Crippen LogP contribution in [0.2, 0.25) is 0 Å². The van der Waals surface area contributed by atoms with Crippen LogP contribution in [0.15, 0.2) is 0 Å². The molecule has 0 aromatic rings. The molecule has 1 saturated carbocycles. The fourth-order valence-electron chi connectivity index (χ4n) is 2.43. The van der Waals surface area contributed by atoms with E-state index in [1.54, 1.807) is 0 Å². The molecule has 1 saturated heterocycles. The minimum Gasteiger partial charge on any atom is -0.380 e. The molecule has 2 heteroatoms. The molecule has 0 amide bonds. The van der Waals surface area contributed by atoms with Gasteiger partial charge in [0.15, 0.2) is 0 Å². The highest BCUT2D eigenvalue weighted by atomic mass is 16.5. The first kappa shape index (κ1) is 9.47. The van der Waals surface area contributed by atoms with Crippen LogP contribution < -0.4 is 5.32 Å². The molecule has 1 N–H and O–H groups in total. The number of rotatable bonds is 2. The molecular formula is C11H21NO. The van der Waals surface area contributed by atoms with Crippen LogP contribution in [0.25, 0.3) is 0 Å². The van der Waals surface area contributed by atoms with Gasteiger partial charge in [0.25, 0.3) is 0 Å². The molecule has 2 fully saturated rings. The fraction of sp³-hybridized carbons (Fsp3) is 1.00. The third-order valence-corrected chi connectivity index (χ3v) is 3.77. The van der Waals surface area contributed by atoms with Crippen LogP contribution in [0.4, 0.5) is 0 Å². The van der Waals surface area contributed by atoms with E-state index in [2.05, 4.69) is 19.2 Å². The topological polar surface area (TPSA) is 21.3 Å². The second kappa shape index (κ2) is 3.97.